The number of phosphoric ester groups is 2. The normalized spacial score (nSPS) is 13.9. The van der Waals surface area contributed by atoms with Crippen LogP contribution in [0.3, 0.4) is 0 Å². The largest absolute Gasteiger partial charge is 0.472 e. The van der Waals surface area contributed by atoms with Crippen LogP contribution in [0.5, 0.6) is 0 Å². The van der Waals surface area contributed by atoms with Crippen molar-refractivity contribution in [1.82, 2.24) is 0 Å². The van der Waals surface area contributed by atoms with E-state index in [1.807, 2.05) is 0 Å². The summed E-state index contributed by atoms with van der Waals surface area (Å²) in [6, 6.07) is 0. The van der Waals surface area contributed by atoms with Gasteiger partial charge in [-0.1, -0.05) is 389 Å². The van der Waals surface area contributed by atoms with Crippen LogP contribution in [0.15, 0.2) is 0 Å². The first-order valence-electron chi connectivity index (χ1n) is 43.3. The van der Waals surface area contributed by atoms with Crippen molar-refractivity contribution >= 4 is 39.5 Å². The second kappa shape index (κ2) is 74.2. The highest BCUT2D eigenvalue weighted by Gasteiger charge is 2.30. The minimum atomic E-state index is -4.96. The van der Waals surface area contributed by atoms with E-state index >= 15 is 0 Å². The first-order valence-corrected chi connectivity index (χ1v) is 46.3. The SMILES string of the molecule is CCCCCCCCCCC(=O)OC[C@H](COP(=O)(O)OC[C@H](O)COP(=O)(O)OC[C@@H](COC(=O)CCCCCCCCCCCCCCCCCCC(C)C)OC(=O)CCCCCCCCCCCCCCCCCCCCC(C)C)OC(=O)CCCCCCCCCCCCCCC(C)C. The van der Waals surface area contributed by atoms with Gasteiger partial charge in [0.2, 0.25) is 0 Å². The van der Waals surface area contributed by atoms with Crippen molar-refractivity contribution in [2.75, 3.05) is 39.6 Å². The predicted octanol–water partition coefficient (Wildman–Crippen LogP) is 25.3. The third kappa shape index (κ3) is 78.0. The van der Waals surface area contributed by atoms with Crippen molar-refractivity contribution in [1.29, 1.82) is 0 Å². The van der Waals surface area contributed by atoms with Gasteiger partial charge in [0.1, 0.15) is 19.3 Å². The highest BCUT2D eigenvalue weighted by Crippen LogP contribution is 2.45. The maximum Gasteiger partial charge on any atom is 0.472 e. The third-order valence-corrected chi connectivity index (χ3v) is 21.5. The molecule has 0 aliphatic carbocycles. The Kier molecular flexibility index (Phi) is 72.8. The van der Waals surface area contributed by atoms with E-state index in [1.165, 1.54) is 244 Å². The smallest absolute Gasteiger partial charge is 0.462 e. The zero-order valence-corrected chi connectivity index (χ0v) is 69.6. The van der Waals surface area contributed by atoms with Gasteiger partial charge in [-0.3, -0.25) is 37.3 Å². The number of esters is 4. The lowest BCUT2D eigenvalue weighted by molar-refractivity contribution is -0.161. The molecule has 2 unspecified atom stereocenters. The highest BCUT2D eigenvalue weighted by atomic mass is 31.2. The Labute approximate surface area is 632 Å². The van der Waals surface area contributed by atoms with E-state index in [1.54, 1.807) is 0 Å². The van der Waals surface area contributed by atoms with Crippen molar-refractivity contribution in [2.45, 2.75) is 458 Å². The summed E-state index contributed by atoms with van der Waals surface area (Å²) < 4.78 is 68.7. The number of aliphatic hydroxyl groups excluding tert-OH is 1. The lowest BCUT2D eigenvalue weighted by Crippen LogP contribution is -2.30. The first kappa shape index (κ1) is 101. The van der Waals surface area contributed by atoms with E-state index in [0.29, 0.717) is 25.7 Å². The molecule has 103 heavy (non-hydrogen) atoms. The Hall–Kier alpha value is -1.94. The molecule has 0 aromatic rings. The third-order valence-electron chi connectivity index (χ3n) is 19.6. The Morgan fingerprint density at radius 2 is 0.447 bits per heavy atom. The van der Waals surface area contributed by atoms with Gasteiger partial charge in [0, 0.05) is 25.7 Å². The van der Waals surface area contributed by atoms with Crippen LogP contribution in [0.4, 0.5) is 0 Å². The predicted molar refractivity (Wildman–Crippen MR) is 423 cm³/mol. The zero-order chi connectivity index (χ0) is 75.8. The fourth-order valence-corrected chi connectivity index (χ4v) is 14.6. The molecule has 0 heterocycles. The average molecular weight is 1510 g/mol. The molecule has 0 saturated carbocycles. The molecule has 0 amide bonds. The quantitative estimate of drug-likeness (QED) is 0.0222. The minimum absolute atomic E-state index is 0.107. The maximum atomic E-state index is 13.1. The summed E-state index contributed by atoms with van der Waals surface area (Å²) >= 11 is 0. The monoisotopic (exact) mass is 1510 g/mol. The molecule has 0 aromatic heterocycles. The summed E-state index contributed by atoms with van der Waals surface area (Å²) in [5.41, 5.74) is 0. The summed E-state index contributed by atoms with van der Waals surface area (Å²) in [5.74, 6) is 0.300. The number of hydrogen-bond donors (Lipinski definition) is 3. The van der Waals surface area contributed by atoms with E-state index in [-0.39, 0.29) is 25.7 Å². The minimum Gasteiger partial charge on any atom is -0.462 e. The molecule has 0 aliphatic heterocycles. The van der Waals surface area contributed by atoms with Gasteiger partial charge in [-0.05, 0) is 43.4 Å². The summed E-state index contributed by atoms with van der Waals surface area (Å²) in [7, 11) is -9.92. The van der Waals surface area contributed by atoms with Gasteiger partial charge in [0.25, 0.3) is 0 Å². The summed E-state index contributed by atoms with van der Waals surface area (Å²) in [6.07, 6.45) is 64.0. The molecule has 0 fully saturated rings. The van der Waals surface area contributed by atoms with Gasteiger partial charge in [-0.15, -0.1) is 0 Å². The molecule has 19 heteroatoms. The number of ether oxygens (including phenoxy) is 4. The molecule has 0 saturated heterocycles. The molecule has 0 spiro atoms. The second-order valence-corrected chi connectivity index (χ2v) is 34.6. The van der Waals surface area contributed by atoms with E-state index in [2.05, 4.69) is 48.5 Å². The Morgan fingerprint density at radius 3 is 0.660 bits per heavy atom. The number of carbonyl (C=O) groups excluding carboxylic acids is 4. The molecule has 0 aliphatic rings. The van der Waals surface area contributed by atoms with E-state index in [9.17, 15) is 43.2 Å². The fourth-order valence-electron chi connectivity index (χ4n) is 13.0. The van der Waals surface area contributed by atoms with Crippen LogP contribution < -0.4 is 0 Å². The summed E-state index contributed by atoms with van der Waals surface area (Å²) in [6.45, 7) is 12.0. The van der Waals surface area contributed by atoms with Crippen molar-refractivity contribution in [3.63, 3.8) is 0 Å². The van der Waals surface area contributed by atoms with Gasteiger partial charge in [0.15, 0.2) is 12.2 Å². The fraction of sp³-hybridized carbons (Fsp3) is 0.952. The van der Waals surface area contributed by atoms with E-state index < -0.39 is 97.5 Å². The van der Waals surface area contributed by atoms with E-state index in [4.69, 9.17) is 37.0 Å². The van der Waals surface area contributed by atoms with E-state index in [0.717, 1.165) is 114 Å². The molecule has 612 valence electrons. The summed E-state index contributed by atoms with van der Waals surface area (Å²) in [4.78, 5) is 73.0. The van der Waals surface area contributed by atoms with Crippen LogP contribution in [0.1, 0.15) is 440 Å². The van der Waals surface area contributed by atoms with Gasteiger partial charge >= 0.3 is 39.5 Å². The number of carbonyl (C=O) groups is 4. The number of unbranched alkanes of at least 4 members (excludes halogenated alkanes) is 50. The van der Waals surface area contributed by atoms with Crippen molar-refractivity contribution < 1.29 is 80.2 Å². The highest BCUT2D eigenvalue weighted by molar-refractivity contribution is 7.47. The van der Waals surface area contributed by atoms with Crippen LogP contribution >= 0.6 is 15.6 Å². The molecule has 0 aromatic carbocycles. The lowest BCUT2D eigenvalue weighted by Gasteiger charge is -2.21. The topological polar surface area (TPSA) is 237 Å². The number of aliphatic hydroxyl groups is 1. The maximum absolute atomic E-state index is 13.1. The standard InChI is InChI=1S/C84H164O17P2/c1-8-9-10-11-12-44-51-58-65-81(86)94-71-79(100-84(89)68-61-54-47-40-34-28-27-31-37-43-50-57-64-77(6)7)73-98-102(90,91)96-69-78(85)70-97-103(92,93)99-74-80(72-95-82(87)66-59-52-45-38-32-25-21-18-17-20-24-30-36-42-49-56-63-76(4)5)101-83(88)67-60-53-46-39-33-26-22-16-14-13-15-19-23-29-35-41-48-55-62-75(2)3/h75-80,85H,8-74H2,1-7H3,(H,90,91)(H,92,93)/t78-,79+,80+/m0/s1. The number of phosphoric acid groups is 2. The zero-order valence-electron chi connectivity index (χ0n) is 67.8. The van der Waals surface area contributed by atoms with Crippen molar-refractivity contribution in [3.05, 3.63) is 0 Å². The molecule has 5 atom stereocenters. The molecule has 3 N–H and O–H groups in total. The van der Waals surface area contributed by atoms with Crippen LogP contribution in [0, 0.1) is 17.8 Å². The molecule has 0 radical (unpaired) electrons. The van der Waals surface area contributed by atoms with Gasteiger partial charge in [-0.2, -0.15) is 0 Å². The molecule has 17 nitrogen and oxygen atoms in total. The second-order valence-electron chi connectivity index (χ2n) is 31.6. The molecule has 0 bridgehead atoms. The Morgan fingerprint density at radius 1 is 0.262 bits per heavy atom. The first-order chi connectivity index (χ1) is 49.7. The van der Waals surface area contributed by atoms with Gasteiger partial charge in [0.05, 0.1) is 26.4 Å². The number of hydrogen-bond acceptors (Lipinski definition) is 15. The van der Waals surface area contributed by atoms with Crippen LogP contribution in [-0.4, -0.2) is 96.7 Å². The lowest BCUT2D eigenvalue weighted by atomic mass is 10.0. The number of rotatable bonds is 82. The Bertz CT molecular complexity index is 1990. The van der Waals surface area contributed by atoms with Crippen LogP contribution in [0.2, 0.25) is 0 Å². The molecular weight excluding hydrogens is 1340 g/mol. The van der Waals surface area contributed by atoms with Gasteiger partial charge in [-0.25, -0.2) is 9.13 Å². The Balaban J connectivity index is 5.19. The van der Waals surface area contributed by atoms with Crippen molar-refractivity contribution in [3.8, 4) is 0 Å². The van der Waals surface area contributed by atoms with Crippen LogP contribution in [0.25, 0.3) is 0 Å². The van der Waals surface area contributed by atoms with Crippen LogP contribution in [-0.2, 0) is 65.4 Å². The van der Waals surface area contributed by atoms with Gasteiger partial charge < -0.3 is 33.8 Å². The molecule has 0 rings (SSSR count). The average Bonchev–Trinajstić information content (AvgIpc) is 0.939. The van der Waals surface area contributed by atoms with Crippen molar-refractivity contribution in [2.24, 2.45) is 17.8 Å². The molecular formula is C84H164O17P2. The summed E-state index contributed by atoms with van der Waals surface area (Å²) in [5, 5.41) is 10.6.